The zero-order chi connectivity index (χ0) is 23.3. The third kappa shape index (κ3) is 6.62. The molecule has 9 heteroatoms. The molecule has 182 valence electrons. The summed E-state index contributed by atoms with van der Waals surface area (Å²) < 4.78 is 29.1. The van der Waals surface area contributed by atoms with Gasteiger partial charge in [0.15, 0.2) is 0 Å². The van der Waals surface area contributed by atoms with E-state index in [1.54, 1.807) is 8.99 Å². The fourth-order valence-electron chi connectivity index (χ4n) is 4.80. The molecule has 0 N–H and O–H groups in total. The topological polar surface area (TPSA) is 74.6 Å². The fourth-order valence-corrected chi connectivity index (χ4v) is 6.54. The van der Waals surface area contributed by atoms with Crippen LogP contribution in [0.4, 0.5) is 0 Å². The average Bonchev–Trinajstić information content (AvgIpc) is 3.36. The molecule has 2 saturated heterocycles. The van der Waals surface area contributed by atoms with E-state index >= 15 is 0 Å². The molecular weight excluding hydrogens is 436 g/mol. The molecule has 0 saturated carbocycles. The average molecular weight is 475 g/mol. The lowest BCUT2D eigenvalue weighted by molar-refractivity contribution is 0.0996. The number of hydrogen-bond donors (Lipinski definition) is 0. The number of sulfonamides is 1. The predicted octanol–water partition coefficient (Wildman–Crippen LogP) is 2.35. The van der Waals surface area contributed by atoms with Gasteiger partial charge in [0.05, 0.1) is 30.7 Å². The molecule has 0 amide bonds. The molecule has 2 aliphatic heterocycles. The zero-order valence-corrected chi connectivity index (χ0v) is 20.9. The van der Waals surface area contributed by atoms with Gasteiger partial charge in [-0.1, -0.05) is 61.2 Å². The van der Waals surface area contributed by atoms with Gasteiger partial charge in [-0.15, -0.1) is 5.10 Å². The quantitative estimate of drug-likeness (QED) is 0.492. The highest BCUT2D eigenvalue weighted by Crippen LogP contribution is 2.22. The highest BCUT2D eigenvalue weighted by Gasteiger charge is 2.40. The van der Waals surface area contributed by atoms with E-state index in [4.69, 9.17) is 0 Å². The van der Waals surface area contributed by atoms with E-state index in [-0.39, 0.29) is 11.8 Å². The van der Waals surface area contributed by atoms with Gasteiger partial charge in [0.25, 0.3) is 0 Å². The summed E-state index contributed by atoms with van der Waals surface area (Å²) in [6.07, 6.45) is 7.02. The Morgan fingerprint density at radius 2 is 1.76 bits per heavy atom. The molecule has 33 heavy (non-hydrogen) atoms. The second-order valence-corrected chi connectivity index (χ2v) is 11.6. The van der Waals surface area contributed by atoms with Crippen LogP contribution in [0.5, 0.6) is 0 Å². The summed E-state index contributed by atoms with van der Waals surface area (Å²) in [6, 6.07) is 8.39. The minimum atomic E-state index is -3.27. The van der Waals surface area contributed by atoms with Crippen molar-refractivity contribution in [2.75, 3.05) is 45.0 Å². The minimum absolute atomic E-state index is 0.0693. The van der Waals surface area contributed by atoms with Gasteiger partial charge in [0, 0.05) is 38.8 Å². The number of aryl methyl sites for hydroxylation is 1. The lowest BCUT2D eigenvalue weighted by Gasteiger charge is -2.37. The van der Waals surface area contributed by atoms with Gasteiger partial charge in [-0.25, -0.2) is 13.1 Å². The Labute approximate surface area is 198 Å². The van der Waals surface area contributed by atoms with E-state index < -0.39 is 10.0 Å². The minimum Gasteiger partial charge on any atom is -0.301 e. The van der Waals surface area contributed by atoms with Crippen molar-refractivity contribution in [1.82, 2.24) is 29.1 Å². The summed E-state index contributed by atoms with van der Waals surface area (Å²) in [5.74, 6) is 0.209. The third-order valence-electron chi connectivity index (χ3n) is 6.85. The van der Waals surface area contributed by atoms with Gasteiger partial charge in [0.1, 0.15) is 0 Å². The highest BCUT2D eigenvalue weighted by atomic mass is 32.2. The van der Waals surface area contributed by atoms with E-state index in [0.29, 0.717) is 25.3 Å². The SMILES string of the molecule is CCCCCCN1CCN(C2CN(Cc3cn(Cc4ccc(C)cc4)nn3)S(=O)(=O)C2)CC1. The molecule has 2 aromatic rings. The van der Waals surface area contributed by atoms with Crippen LogP contribution in [0, 0.1) is 6.92 Å². The molecule has 0 bridgehead atoms. The van der Waals surface area contributed by atoms with Crippen LogP contribution < -0.4 is 0 Å². The Kier molecular flexibility index (Phi) is 8.16. The first-order valence-corrected chi connectivity index (χ1v) is 13.9. The molecule has 2 fully saturated rings. The summed E-state index contributed by atoms with van der Waals surface area (Å²) in [6.45, 7) is 10.9. The van der Waals surface area contributed by atoms with E-state index in [0.717, 1.165) is 31.7 Å². The monoisotopic (exact) mass is 474 g/mol. The molecule has 1 unspecified atom stereocenters. The summed E-state index contributed by atoms with van der Waals surface area (Å²) in [5.41, 5.74) is 3.07. The van der Waals surface area contributed by atoms with E-state index in [9.17, 15) is 8.42 Å². The molecule has 4 rings (SSSR count). The molecule has 2 aliphatic rings. The maximum absolute atomic E-state index is 12.8. The van der Waals surface area contributed by atoms with E-state index in [2.05, 4.69) is 58.2 Å². The second kappa shape index (κ2) is 11.1. The number of hydrogen-bond acceptors (Lipinski definition) is 6. The van der Waals surface area contributed by atoms with Gasteiger partial charge in [0.2, 0.25) is 10.0 Å². The van der Waals surface area contributed by atoms with Crippen molar-refractivity contribution in [1.29, 1.82) is 0 Å². The number of aromatic nitrogens is 3. The van der Waals surface area contributed by atoms with Crippen LogP contribution in [-0.4, -0.2) is 88.6 Å². The molecule has 3 heterocycles. The van der Waals surface area contributed by atoms with Crippen LogP contribution in [0.1, 0.15) is 49.4 Å². The highest BCUT2D eigenvalue weighted by molar-refractivity contribution is 7.89. The molecule has 1 aromatic heterocycles. The molecule has 0 radical (unpaired) electrons. The molecule has 1 aromatic carbocycles. The first-order valence-electron chi connectivity index (χ1n) is 12.3. The number of benzene rings is 1. The maximum atomic E-state index is 12.8. The summed E-state index contributed by atoms with van der Waals surface area (Å²) in [7, 11) is -3.27. The van der Waals surface area contributed by atoms with Crippen molar-refractivity contribution >= 4 is 10.0 Å². The standard InChI is InChI=1S/C24H38N6O2S/c1-3-4-5-6-11-27-12-14-28(15-13-27)24-19-30(33(31,32)20-24)18-23-17-29(26-25-23)16-22-9-7-21(2)8-10-22/h7-10,17,24H,3-6,11-16,18-20H2,1-2H3. The van der Waals surface area contributed by atoms with Crippen molar-refractivity contribution in [2.24, 2.45) is 0 Å². The molecular formula is C24H38N6O2S. The van der Waals surface area contributed by atoms with Crippen LogP contribution in [0.15, 0.2) is 30.5 Å². The van der Waals surface area contributed by atoms with Crippen molar-refractivity contribution in [3.8, 4) is 0 Å². The van der Waals surface area contributed by atoms with E-state index in [1.165, 1.54) is 37.8 Å². The predicted molar refractivity (Wildman–Crippen MR) is 130 cm³/mol. The van der Waals surface area contributed by atoms with Crippen molar-refractivity contribution in [3.05, 3.63) is 47.3 Å². The second-order valence-electron chi connectivity index (χ2n) is 9.56. The third-order valence-corrected chi connectivity index (χ3v) is 8.72. The summed E-state index contributed by atoms with van der Waals surface area (Å²) in [5, 5.41) is 8.44. The van der Waals surface area contributed by atoms with Gasteiger partial charge < -0.3 is 4.90 Å². The first-order chi connectivity index (χ1) is 15.9. The fraction of sp³-hybridized carbons (Fsp3) is 0.667. The first kappa shape index (κ1) is 24.3. The number of piperazine rings is 1. The summed E-state index contributed by atoms with van der Waals surface area (Å²) in [4.78, 5) is 4.90. The maximum Gasteiger partial charge on any atom is 0.216 e. The number of rotatable bonds is 10. The Bertz CT molecular complexity index is 983. The summed E-state index contributed by atoms with van der Waals surface area (Å²) >= 11 is 0. The van der Waals surface area contributed by atoms with Crippen LogP contribution in [0.3, 0.4) is 0 Å². The number of unbranched alkanes of at least 4 members (excludes halogenated alkanes) is 3. The lowest BCUT2D eigenvalue weighted by Crippen LogP contribution is -2.51. The Balaban J connectivity index is 1.27. The van der Waals surface area contributed by atoms with Gasteiger partial charge >= 0.3 is 0 Å². The van der Waals surface area contributed by atoms with Crippen molar-refractivity contribution in [2.45, 2.75) is 58.7 Å². The van der Waals surface area contributed by atoms with Crippen molar-refractivity contribution < 1.29 is 8.42 Å². The Morgan fingerprint density at radius 1 is 1.00 bits per heavy atom. The molecule has 0 aliphatic carbocycles. The van der Waals surface area contributed by atoms with Gasteiger partial charge in [-0.3, -0.25) is 4.90 Å². The van der Waals surface area contributed by atoms with E-state index in [1.807, 2.05) is 6.20 Å². The smallest absolute Gasteiger partial charge is 0.216 e. The van der Waals surface area contributed by atoms with Gasteiger partial charge in [-0.2, -0.15) is 4.31 Å². The largest absolute Gasteiger partial charge is 0.301 e. The Hall–Kier alpha value is -1.81. The molecule has 1 atom stereocenters. The molecule has 8 nitrogen and oxygen atoms in total. The van der Waals surface area contributed by atoms with Crippen molar-refractivity contribution in [3.63, 3.8) is 0 Å². The Morgan fingerprint density at radius 3 is 2.48 bits per heavy atom. The zero-order valence-electron chi connectivity index (χ0n) is 20.1. The van der Waals surface area contributed by atoms with Gasteiger partial charge in [-0.05, 0) is 25.5 Å². The molecule has 0 spiro atoms. The van der Waals surface area contributed by atoms with Crippen LogP contribution >= 0.6 is 0 Å². The normalized spacial score (nSPS) is 22.2. The van der Waals surface area contributed by atoms with Crippen LogP contribution in [0.2, 0.25) is 0 Å². The van der Waals surface area contributed by atoms with Crippen LogP contribution in [0.25, 0.3) is 0 Å². The van der Waals surface area contributed by atoms with Crippen LogP contribution in [-0.2, 0) is 23.1 Å². The number of nitrogens with zero attached hydrogens (tertiary/aromatic N) is 6. The lowest BCUT2D eigenvalue weighted by atomic mass is 10.1.